The van der Waals surface area contributed by atoms with E-state index in [0.29, 0.717) is 19.8 Å². The molecular formula is C40H35NO3. The maximum Gasteiger partial charge on any atom is 0.209 e. The molecule has 0 N–H and O–H groups in total. The van der Waals surface area contributed by atoms with Crippen LogP contribution < -0.4 is 4.74 Å². The first kappa shape index (κ1) is 26.9. The van der Waals surface area contributed by atoms with Gasteiger partial charge < -0.3 is 14.2 Å². The lowest BCUT2D eigenvalue weighted by Gasteiger charge is -2.46. The van der Waals surface area contributed by atoms with E-state index >= 15 is 0 Å². The molecule has 8 rings (SSSR count). The molecule has 3 aliphatic heterocycles. The molecule has 5 aromatic rings. The Morgan fingerprint density at radius 2 is 1.39 bits per heavy atom. The predicted octanol–water partition coefficient (Wildman–Crippen LogP) is 8.44. The number of ether oxygens (including phenoxy) is 3. The fraction of sp³-hybridized carbons (Fsp3) is 0.200. The SMILES string of the molecule is Cc1ccc2c3c(c4c(c2c1)C=C(C(c1ccccc1)c1ccccc1)OC4)C=CC(c1ccccc1)(N1CCOCC1)O3. The second-order valence-electron chi connectivity index (χ2n) is 11.9. The van der Waals surface area contributed by atoms with Crippen LogP contribution in [0.4, 0.5) is 0 Å². The van der Waals surface area contributed by atoms with E-state index in [1.165, 1.54) is 33.2 Å². The number of allylic oxidation sites excluding steroid dienone is 1. The molecule has 0 saturated carbocycles. The molecule has 4 heteroatoms. The summed E-state index contributed by atoms with van der Waals surface area (Å²) in [6.45, 7) is 5.61. The number of benzene rings is 5. The van der Waals surface area contributed by atoms with E-state index < -0.39 is 5.72 Å². The van der Waals surface area contributed by atoms with Crippen molar-refractivity contribution in [1.82, 2.24) is 4.90 Å². The Hall–Kier alpha value is -4.64. The van der Waals surface area contributed by atoms with Crippen LogP contribution >= 0.6 is 0 Å². The summed E-state index contributed by atoms with van der Waals surface area (Å²) in [5, 5.41) is 2.31. The van der Waals surface area contributed by atoms with Gasteiger partial charge in [-0.05, 0) is 47.2 Å². The number of rotatable bonds is 5. The molecule has 0 aliphatic carbocycles. The molecule has 5 aromatic carbocycles. The molecule has 1 unspecified atom stereocenters. The van der Waals surface area contributed by atoms with Crippen molar-refractivity contribution in [3.8, 4) is 5.75 Å². The standard InChI is InChI=1S/C40H35NO3/c1-28-17-18-32-34(25-28)35-26-37(38(29-11-5-2-6-12-29)30-13-7-3-8-14-30)43-27-36(35)33-19-20-40(44-39(32)33,31-15-9-4-10-16-31)41-21-23-42-24-22-41/h2-20,25-26,38H,21-24,27H2,1H3. The molecule has 44 heavy (non-hydrogen) atoms. The van der Waals surface area contributed by atoms with E-state index in [1.54, 1.807) is 0 Å². The molecule has 0 aromatic heterocycles. The molecule has 0 radical (unpaired) electrons. The predicted molar refractivity (Wildman–Crippen MR) is 176 cm³/mol. The zero-order valence-corrected chi connectivity index (χ0v) is 24.9. The molecule has 218 valence electrons. The number of morpholine rings is 1. The lowest BCUT2D eigenvalue weighted by atomic mass is 9.84. The van der Waals surface area contributed by atoms with Crippen LogP contribution in [0.3, 0.4) is 0 Å². The van der Waals surface area contributed by atoms with E-state index in [4.69, 9.17) is 14.2 Å². The maximum atomic E-state index is 7.28. The normalized spacial score (nSPS) is 19.5. The lowest BCUT2D eigenvalue weighted by molar-refractivity contribution is -0.0980. The zero-order chi connectivity index (χ0) is 29.5. The van der Waals surface area contributed by atoms with Gasteiger partial charge in [-0.2, -0.15) is 0 Å². The number of nitrogens with zero attached hydrogens (tertiary/aromatic N) is 1. The largest absolute Gasteiger partial charge is 0.492 e. The van der Waals surface area contributed by atoms with Crippen molar-refractivity contribution in [3.63, 3.8) is 0 Å². The van der Waals surface area contributed by atoms with Gasteiger partial charge in [-0.15, -0.1) is 0 Å². The Morgan fingerprint density at radius 1 is 0.727 bits per heavy atom. The molecular weight excluding hydrogens is 542 g/mol. The highest BCUT2D eigenvalue weighted by Gasteiger charge is 2.43. The Morgan fingerprint density at radius 3 is 2.07 bits per heavy atom. The van der Waals surface area contributed by atoms with Gasteiger partial charge in [0.25, 0.3) is 0 Å². The summed E-state index contributed by atoms with van der Waals surface area (Å²) in [7, 11) is 0. The summed E-state index contributed by atoms with van der Waals surface area (Å²) in [6.07, 6.45) is 6.79. The number of fused-ring (bicyclic) bond motifs is 6. The smallest absolute Gasteiger partial charge is 0.209 e. The quantitative estimate of drug-likeness (QED) is 0.210. The Bertz CT molecular complexity index is 1840. The van der Waals surface area contributed by atoms with Crippen LogP contribution in [-0.4, -0.2) is 31.2 Å². The fourth-order valence-electron chi connectivity index (χ4n) is 7.06. The first-order chi connectivity index (χ1) is 21.7. The minimum Gasteiger partial charge on any atom is -0.492 e. The minimum atomic E-state index is -0.716. The van der Waals surface area contributed by atoms with Gasteiger partial charge >= 0.3 is 0 Å². The van der Waals surface area contributed by atoms with E-state index in [1.807, 2.05) is 0 Å². The molecule has 4 nitrogen and oxygen atoms in total. The Balaban J connectivity index is 1.32. The average Bonchev–Trinajstić information content (AvgIpc) is 3.10. The van der Waals surface area contributed by atoms with Crippen LogP contribution in [-0.2, 0) is 21.8 Å². The minimum absolute atomic E-state index is 0.000263. The highest BCUT2D eigenvalue weighted by Crippen LogP contribution is 2.49. The van der Waals surface area contributed by atoms with Gasteiger partial charge in [0.15, 0.2) is 0 Å². The molecule has 1 fully saturated rings. The molecule has 3 aliphatic rings. The van der Waals surface area contributed by atoms with E-state index in [2.05, 4.69) is 139 Å². The highest BCUT2D eigenvalue weighted by atomic mass is 16.5. The van der Waals surface area contributed by atoms with Gasteiger partial charge in [0.05, 0.1) is 19.1 Å². The maximum absolute atomic E-state index is 7.28. The fourth-order valence-corrected chi connectivity index (χ4v) is 7.06. The second-order valence-corrected chi connectivity index (χ2v) is 11.9. The van der Waals surface area contributed by atoms with E-state index in [0.717, 1.165) is 41.1 Å². The summed E-state index contributed by atoms with van der Waals surface area (Å²) in [5.41, 5.74) is 7.54. The highest BCUT2D eigenvalue weighted by molar-refractivity contribution is 6.01. The molecule has 0 bridgehead atoms. The van der Waals surface area contributed by atoms with Crippen LogP contribution in [0.15, 0.2) is 121 Å². The third-order valence-corrected chi connectivity index (χ3v) is 9.23. The van der Waals surface area contributed by atoms with Crippen molar-refractivity contribution < 1.29 is 14.2 Å². The van der Waals surface area contributed by atoms with Crippen molar-refractivity contribution >= 4 is 22.9 Å². The zero-order valence-electron chi connectivity index (χ0n) is 24.9. The van der Waals surface area contributed by atoms with Gasteiger partial charge in [-0.3, -0.25) is 4.90 Å². The van der Waals surface area contributed by atoms with Crippen LogP contribution in [0.25, 0.3) is 22.9 Å². The van der Waals surface area contributed by atoms with E-state index in [-0.39, 0.29) is 5.92 Å². The summed E-state index contributed by atoms with van der Waals surface area (Å²) in [5.74, 6) is 1.88. The average molecular weight is 578 g/mol. The topological polar surface area (TPSA) is 30.9 Å². The molecule has 1 atom stereocenters. The summed E-state index contributed by atoms with van der Waals surface area (Å²) in [6, 6.07) is 38.6. The van der Waals surface area contributed by atoms with Crippen molar-refractivity contribution in [2.45, 2.75) is 25.2 Å². The molecule has 0 amide bonds. The first-order valence-electron chi connectivity index (χ1n) is 15.5. The first-order valence-corrected chi connectivity index (χ1v) is 15.5. The van der Waals surface area contributed by atoms with Gasteiger partial charge in [0.2, 0.25) is 5.72 Å². The number of hydrogen-bond donors (Lipinski definition) is 0. The summed E-state index contributed by atoms with van der Waals surface area (Å²) < 4.78 is 19.8. The lowest BCUT2D eigenvalue weighted by Crippen LogP contribution is -2.54. The van der Waals surface area contributed by atoms with Crippen molar-refractivity contribution in [3.05, 3.63) is 160 Å². The Kier molecular flexibility index (Phi) is 6.82. The van der Waals surface area contributed by atoms with Crippen LogP contribution in [0, 0.1) is 6.92 Å². The Labute approximate surface area is 258 Å². The van der Waals surface area contributed by atoms with Gasteiger partial charge in [0, 0.05) is 35.2 Å². The van der Waals surface area contributed by atoms with Gasteiger partial charge in [-0.25, -0.2) is 0 Å². The third-order valence-electron chi connectivity index (χ3n) is 9.23. The molecule has 0 spiro atoms. The molecule has 1 saturated heterocycles. The van der Waals surface area contributed by atoms with E-state index in [9.17, 15) is 0 Å². The third kappa shape index (κ3) is 4.54. The monoisotopic (exact) mass is 577 g/mol. The number of aryl methyl sites for hydroxylation is 1. The number of hydrogen-bond acceptors (Lipinski definition) is 4. The van der Waals surface area contributed by atoms with Crippen molar-refractivity contribution in [1.29, 1.82) is 0 Å². The van der Waals surface area contributed by atoms with Crippen molar-refractivity contribution in [2.75, 3.05) is 26.3 Å². The molecule has 3 heterocycles. The van der Waals surface area contributed by atoms with Crippen LogP contribution in [0.1, 0.15) is 44.9 Å². The van der Waals surface area contributed by atoms with Gasteiger partial charge in [0.1, 0.15) is 18.1 Å². The van der Waals surface area contributed by atoms with Gasteiger partial charge in [-0.1, -0.05) is 115 Å². The van der Waals surface area contributed by atoms with Crippen LogP contribution in [0.2, 0.25) is 0 Å². The second kappa shape index (κ2) is 11.1. The summed E-state index contributed by atoms with van der Waals surface area (Å²) in [4.78, 5) is 2.41. The summed E-state index contributed by atoms with van der Waals surface area (Å²) >= 11 is 0. The van der Waals surface area contributed by atoms with Crippen LogP contribution in [0.5, 0.6) is 5.75 Å². The van der Waals surface area contributed by atoms with Crippen molar-refractivity contribution in [2.24, 2.45) is 0 Å².